The summed E-state index contributed by atoms with van der Waals surface area (Å²) >= 11 is 0. The molecule has 38 heavy (non-hydrogen) atoms. The summed E-state index contributed by atoms with van der Waals surface area (Å²) in [5.74, 6) is -1.17. The number of rotatable bonds is 8. The molecule has 1 aliphatic carbocycles. The number of carboxylic acid groups (broad SMARTS) is 1. The van der Waals surface area contributed by atoms with E-state index in [1.54, 1.807) is 0 Å². The highest BCUT2D eigenvalue weighted by Gasteiger charge is 2.29. The lowest BCUT2D eigenvalue weighted by Gasteiger charge is -2.17. The number of carbonyl (C=O) groups excluding carboxylic acids is 1. The minimum atomic E-state index is -1.04. The topological polar surface area (TPSA) is 82.2 Å². The number of H-pyrrole nitrogens is 1. The number of aromatic amines is 1. The number of aliphatic carboxylic acids is 1. The molecule has 5 heteroatoms. The Bertz CT molecular complexity index is 1590. The van der Waals surface area contributed by atoms with Crippen molar-refractivity contribution >= 4 is 22.8 Å². The highest BCUT2D eigenvalue weighted by Crippen LogP contribution is 2.46. The van der Waals surface area contributed by atoms with Crippen LogP contribution in [0.3, 0.4) is 0 Å². The molecule has 5 aromatic rings. The zero-order valence-electron chi connectivity index (χ0n) is 20.9. The Hall–Kier alpha value is -4.64. The van der Waals surface area contributed by atoms with E-state index in [2.05, 4.69) is 34.6 Å². The van der Waals surface area contributed by atoms with Gasteiger partial charge in [0.25, 0.3) is 0 Å². The lowest BCUT2D eigenvalue weighted by molar-refractivity contribution is -0.141. The van der Waals surface area contributed by atoms with E-state index >= 15 is 0 Å². The molecule has 0 saturated carbocycles. The average molecular weight is 501 g/mol. The molecule has 188 valence electrons. The number of aromatic nitrogens is 1. The van der Waals surface area contributed by atoms with Crippen molar-refractivity contribution in [2.75, 3.05) is 0 Å². The van der Waals surface area contributed by atoms with Crippen molar-refractivity contribution in [1.29, 1.82) is 0 Å². The maximum atomic E-state index is 13.1. The molecule has 1 amide bonds. The maximum absolute atomic E-state index is 13.1. The highest BCUT2D eigenvalue weighted by atomic mass is 16.4. The Morgan fingerprint density at radius 3 is 2.08 bits per heavy atom. The Labute approximate surface area is 221 Å². The van der Waals surface area contributed by atoms with Crippen LogP contribution in [0.25, 0.3) is 33.3 Å². The van der Waals surface area contributed by atoms with E-state index < -0.39 is 12.0 Å². The Morgan fingerprint density at radius 2 is 1.39 bits per heavy atom. The van der Waals surface area contributed by atoms with Gasteiger partial charge in [0, 0.05) is 35.4 Å². The van der Waals surface area contributed by atoms with E-state index in [1.165, 1.54) is 22.3 Å². The highest BCUT2D eigenvalue weighted by molar-refractivity contribution is 5.92. The predicted molar refractivity (Wildman–Crippen MR) is 150 cm³/mol. The molecule has 0 aliphatic heterocycles. The maximum Gasteiger partial charge on any atom is 0.326 e. The standard InChI is InChI=1S/C33H28N2O3/c36-31(19-18-26-24-14-6-4-12-22(24)23-13-5-7-15-25(23)26)34-30(33(37)38)20-28-27-16-8-9-17-29(27)35-32(28)21-10-2-1-3-11-21/h1-17,26,30,35H,18-20H2,(H,34,36)(H,37,38). The normalized spacial score (nSPS) is 13.2. The summed E-state index contributed by atoms with van der Waals surface area (Å²) in [5.41, 5.74) is 8.56. The lowest BCUT2D eigenvalue weighted by Crippen LogP contribution is -2.42. The fourth-order valence-electron chi connectivity index (χ4n) is 5.78. The number of hydrogen-bond acceptors (Lipinski definition) is 2. The first-order chi connectivity index (χ1) is 18.6. The summed E-state index contributed by atoms with van der Waals surface area (Å²) < 4.78 is 0. The van der Waals surface area contributed by atoms with Crippen molar-refractivity contribution in [2.24, 2.45) is 0 Å². The van der Waals surface area contributed by atoms with Crippen molar-refractivity contribution in [3.63, 3.8) is 0 Å². The quantitative estimate of drug-likeness (QED) is 0.226. The van der Waals surface area contributed by atoms with Gasteiger partial charge in [-0.05, 0) is 45.9 Å². The molecule has 5 nitrogen and oxygen atoms in total. The number of carboxylic acids is 1. The third-order valence-electron chi connectivity index (χ3n) is 7.54. The molecule has 1 aliphatic rings. The smallest absolute Gasteiger partial charge is 0.326 e. The number of nitrogens with one attached hydrogen (secondary N) is 2. The molecule has 0 fully saturated rings. The molecule has 0 radical (unpaired) electrons. The van der Waals surface area contributed by atoms with Crippen molar-refractivity contribution in [3.8, 4) is 22.4 Å². The van der Waals surface area contributed by atoms with Crippen LogP contribution in [0.5, 0.6) is 0 Å². The van der Waals surface area contributed by atoms with Crippen LogP contribution >= 0.6 is 0 Å². The van der Waals surface area contributed by atoms with Gasteiger partial charge in [0.05, 0.1) is 0 Å². The van der Waals surface area contributed by atoms with E-state index in [4.69, 9.17) is 0 Å². The molecule has 4 aromatic carbocycles. The van der Waals surface area contributed by atoms with Gasteiger partial charge in [0.15, 0.2) is 0 Å². The number of fused-ring (bicyclic) bond motifs is 4. The van der Waals surface area contributed by atoms with E-state index in [0.717, 1.165) is 27.7 Å². The largest absolute Gasteiger partial charge is 0.480 e. The minimum Gasteiger partial charge on any atom is -0.480 e. The minimum absolute atomic E-state index is 0.120. The Kier molecular flexibility index (Phi) is 6.26. The molecule has 1 heterocycles. The number of carbonyl (C=O) groups is 2. The number of amides is 1. The molecular formula is C33H28N2O3. The predicted octanol–water partition coefficient (Wildman–Crippen LogP) is 6.54. The van der Waals surface area contributed by atoms with E-state index in [1.807, 2.05) is 78.9 Å². The molecule has 3 N–H and O–H groups in total. The van der Waals surface area contributed by atoms with Gasteiger partial charge in [0.2, 0.25) is 5.91 Å². The van der Waals surface area contributed by atoms with Crippen LogP contribution in [-0.2, 0) is 16.0 Å². The van der Waals surface area contributed by atoms with Gasteiger partial charge in [-0.15, -0.1) is 0 Å². The van der Waals surface area contributed by atoms with E-state index in [0.29, 0.717) is 6.42 Å². The van der Waals surface area contributed by atoms with Crippen LogP contribution in [-0.4, -0.2) is 28.0 Å². The van der Waals surface area contributed by atoms with Gasteiger partial charge < -0.3 is 15.4 Å². The first-order valence-electron chi connectivity index (χ1n) is 13.0. The van der Waals surface area contributed by atoms with Crippen LogP contribution in [0.1, 0.15) is 35.4 Å². The summed E-state index contributed by atoms with van der Waals surface area (Å²) in [6.45, 7) is 0. The fraction of sp³-hybridized carbons (Fsp3) is 0.152. The zero-order chi connectivity index (χ0) is 26.1. The van der Waals surface area contributed by atoms with Gasteiger partial charge in [-0.3, -0.25) is 4.79 Å². The van der Waals surface area contributed by atoms with Crippen molar-refractivity contribution in [1.82, 2.24) is 10.3 Å². The van der Waals surface area contributed by atoms with Crippen LogP contribution in [0.2, 0.25) is 0 Å². The summed E-state index contributed by atoms with van der Waals surface area (Å²) in [6.07, 6.45) is 1.05. The lowest BCUT2D eigenvalue weighted by atomic mass is 9.92. The second kappa shape index (κ2) is 10.0. The van der Waals surface area contributed by atoms with E-state index in [9.17, 15) is 14.7 Å². The van der Waals surface area contributed by atoms with Crippen molar-refractivity contribution in [2.45, 2.75) is 31.2 Å². The molecule has 1 atom stereocenters. The summed E-state index contributed by atoms with van der Waals surface area (Å²) in [7, 11) is 0. The second-order valence-corrected chi connectivity index (χ2v) is 9.82. The first-order valence-corrected chi connectivity index (χ1v) is 13.0. The van der Waals surface area contributed by atoms with Gasteiger partial charge in [-0.1, -0.05) is 97.1 Å². The molecule has 0 bridgehead atoms. The average Bonchev–Trinajstić information content (AvgIpc) is 3.48. The molecular weight excluding hydrogens is 472 g/mol. The molecule has 1 unspecified atom stereocenters. The van der Waals surface area contributed by atoms with Crippen LogP contribution in [0.4, 0.5) is 0 Å². The molecule has 1 aromatic heterocycles. The molecule has 0 spiro atoms. The van der Waals surface area contributed by atoms with Crippen LogP contribution in [0.15, 0.2) is 103 Å². The number of hydrogen-bond donors (Lipinski definition) is 3. The van der Waals surface area contributed by atoms with Crippen molar-refractivity contribution < 1.29 is 14.7 Å². The summed E-state index contributed by atoms with van der Waals surface area (Å²) in [6, 6.07) is 33.3. The van der Waals surface area contributed by atoms with Gasteiger partial charge >= 0.3 is 5.97 Å². The Balaban J connectivity index is 1.22. The van der Waals surface area contributed by atoms with Gasteiger partial charge in [-0.2, -0.15) is 0 Å². The van der Waals surface area contributed by atoms with Crippen molar-refractivity contribution in [3.05, 3.63) is 120 Å². The monoisotopic (exact) mass is 500 g/mol. The third-order valence-corrected chi connectivity index (χ3v) is 7.54. The fourth-order valence-corrected chi connectivity index (χ4v) is 5.78. The van der Waals surface area contributed by atoms with E-state index in [-0.39, 0.29) is 24.7 Å². The first kappa shape index (κ1) is 23.7. The van der Waals surface area contributed by atoms with Gasteiger partial charge in [-0.25, -0.2) is 4.79 Å². The summed E-state index contributed by atoms with van der Waals surface area (Å²) in [5, 5.41) is 13.9. The molecule has 6 rings (SSSR count). The number of benzene rings is 4. The van der Waals surface area contributed by atoms with Crippen LogP contribution < -0.4 is 5.32 Å². The summed E-state index contributed by atoms with van der Waals surface area (Å²) in [4.78, 5) is 28.9. The molecule has 0 saturated heterocycles. The zero-order valence-corrected chi connectivity index (χ0v) is 20.9. The van der Waals surface area contributed by atoms with Gasteiger partial charge in [0.1, 0.15) is 6.04 Å². The third kappa shape index (κ3) is 4.37. The van der Waals surface area contributed by atoms with Crippen LogP contribution in [0, 0.1) is 0 Å². The Morgan fingerprint density at radius 1 is 0.789 bits per heavy atom. The SMILES string of the molecule is O=C(CCC1c2ccccc2-c2ccccc21)NC(Cc1c(-c2ccccc2)[nH]c2ccccc12)C(=O)O. The number of para-hydroxylation sites is 1. The second-order valence-electron chi connectivity index (χ2n) is 9.82.